The van der Waals surface area contributed by atoms with Crippen molar-refractivity contribution >= 4 is 16.8 Å². The summed E-state index contributed by atoms with van der Waals surface area (Å²) in [6.45, 7) is 6.31. The summed E-state index contributed by atoms with van der Waals surface area (Å²) >= 11 is 0. The number of fused-ring (bicyclic) bond motifs is 1. The van der Waals surface area contributed by atoms with Gasteiger partial charge in [-0.15, -0.1) is 0 Å². The van der Waals surface area contributed by atoms with Crippen molar-refractivity contribution in [1.82, 2.24) is 20.0 Å². The fourth-order valence-corrected chi connectivity index (χ4v) is 3.24. The average molecular weight is 328 g/mol. The van der Waals surface area contributed by atoms with Crippen molar-refractivity contribution in [2.45, 2.75) is 26.3 Å². The third-order valence-electron chi connectivity index (χ3n) is 4.47. The van der Waals surface area contributed by atoms with Gasteiger partial charge in [-0.1, -0.05) is 19.1 Å². The van der Waals surface area contributed by atoms with E-state index in [0.717, 1.165) is 6.54 Å². The van der Waals surface area contributed by atoms with E-state index in [1.165, 1.54) is 32.1 Å². The molecule has 6 heteroatoms. The molecule has 0 spiro atoms. The van der Waals surface area contributed by atoms with Crippen molar-refractivity contribution in [2.24, 2.45) is 5.92 Å². The molecule has 2 aromatic rings. The second-order valence-electron chi connectivity index (χ2n) is 6.60. The van der Waals surface area contributed by atoms with Gasteiger partial charge in [-0.2, -0.15) is 5.10 Å². The van der Waals surface area contributed by atoms with Gasteiger partial charge in [0.2, 0.25) is 11.3 Å². The van der Waals surface area contributed by atoms with Crippen LogP contribution in [-0.2, 0) is 11.3 Å². The van der Waals surface area contributed by atoms with Gasteiger partial charge in [-0.3, -0.25) is 14.3 Å². The van der Waals surface area contributed by atoms with E-state index < -0.39 is 0 Å². The van der Waals surface area contributed by atoms with E-state index in [4.69, 9.17) is 0 Å². The van der Waals surface area contributed by atoms with Crippen LogP contribution in [0.15, 0.2) is 35.3 Å². The smallest absolute Gasteiger partial charge is 0.241 e. The third kappa shape index (κ3) is 4.00. The van der Waals surface area contributed by atoms with Crippen LogP contribution < -0.4 is 10.7 Å². The molecule has 1 amide bonds. The zero-order valence-electron chi connectivity index (χ0n) is 14.1. The molecule has 1 atom stereocenters. The standard InChI is InChI=1S/C18H24N4O2/c1-14(12-21-8-4-5-9-21)10-19-18(24)13-22-16-7-3-2-6-15(16)17(23)11-20-22/h2-3,6-7,11,14H,4-5,8-10,12-13H2,1H3,(H,19,24). The quantitative estimate of drug-likeness (QED) is 0.866. The number of amides is 1. The minimum atomic E-state index is -0.124. The van der Waals surface area contributed by atoms with Crippen LogP contribution in [0.1, 0.15) is 19.8 Å². The number of nitrogens with one attached hydrogen (secondary N) is 1. The second kappa shape index (κ2) is 7.57. The van der Waals surface area contributed by atoms with Gasteiger partial charge in [-0.25, -0.2) is 0 Å². The van der Waals surface area contributed by atoms with Gasteiger partial charge in [-0.05, 0) is 44.0 Å². The molecule has 1 N–H and O–H groups in total. The monoisotopic (exact) mass is 328 g/mol. The number of rotatable bonds is 6. The normalized spacial score (nSPS) is 16.4. The zero-order chi connectivity index (χ0) is 16.9. The largest absolute Gasteiger partial charge is 0.354 e. The lowest BCUT2D eigenvalue weighted by atomic mass is 10.1. The molecule has 0 aliphatic carbocycles. The van der Waals surface area contributed by atoms with E-state index in [0.29, 0.717) is 23.4 Å². The molecule has 0 radical (unpaired) electrons. The average Bonchev–Trinajstić information content (AvgIpc) is 3.09. The topological polar surface area (TPSA) is 67.2 Å². The zero-order valence-corrected chi connectivity index (χ0v) is 14.1. The lowest BCUT2D eigenvalue weighted by Gasteiger charge is -2.20. The van der Waals surface area contributed by atoms with Crippen LogP contribution in [-0.4, -0.2) is 46.8 Å². The first-order chi connectivity index (χ1) is 11.6. The van der Waals surface area contributed by atoms with Crippen LogP contribution in [0.2, 0.25) is 0 Å². The molecule has 128 valence electrons. The molecule has 24 heavy (non-hydrogen) atoms. The fraction of sp³-hybridized carbons (Fsp3) is 0.500. The summed E-state index contributed by atoms with van der Waals surface area (Å²) in [5.41, 5.74) is 0.562. The molecule has 1 fully saturated rings. The van der Waals surface area contributed by atoms with Crippen LogP contribution in [0, 0.1) is 5.92 Å². The van der Waals surface area contributed by atoms with Crippen molar-refractivity contribution in [3.8, 4) is 0 Å². The number of carbonyl (C=O) groups is 1. The number of nitrogens with zero attached hydrogens (tertiary/aromatic N) is 3. The molecule has 2 heterocycles. The molecular weight excluding hydrogens is 304 g/mol. The summed E-state index contributed by atoms with van der Waals surface area (Å²) in [5.74, 6) is 0.343. The first kappa shape index (κ1) is 16.6. The van der Waals surface area contributed by atoms with Gasteiger partial charge < -0.3 is 10.2 Å². The summed E-state index contributed by atoms with van der Waals surface area (Å²) in [7, 11) is 0. The predicted molar refractivity (Wildman–Crippen MR) is 93.9 cm³/mol. The molecule has 1 aromatic carbocycles. The van der Waals surface area contributed by atoms with Crippen LogP contribution in [0.5, 0.6) is 0 Å². The number of para-hydroxylation sites is 1. The van der Waals surface area contributed by atoms with Crippen LogP contribution in [0.25, 0.3) is 10.9 Å². The number of carbonyl (C=O) groups excluding carboxylic acids is 1. The molecule has 1 aliphatic rings. The van der Waals surface area contributed by atoms with E-state index in [1.807, 2.05) is 18.2 Å². The maximum Gasteiger partial charge on any atom is 0.241 e. The Morgan fingerprint density at radius 3 is 2.83 bits per heavy atom. The van der Waals surface area contributed by atoms with Crippen LogP contribution >= 0.6 is 0 Å². The first-order valence-electron chi connectivity index (χ1n) is 8.57. The molecule has 0 saturated carbocycles. The number of likely N-dealkylation sites (tertiary alicyclic amines) is 1. The maximum atomic E-state index is 12.2. The van der Waals surface area contributed by atoms with Crippen molar-refractivity contribution in [2.75, 3.05) is 26.2 Å². The molecular formula is C18H24N4O2. The van der Waals surface area contributed by atoms with E-state index in [2.05, 4.69) is 22.2 Å². The van der Waals surface area contributed by atoms with E-state index in [-0.39, 0.29) is 17.9 Å². The van der Waals surface area contributed by atoms with Crippen molar-refractivity contribution in [3.05, 3.63) is 40.7 Å². The Labute approximate surface area is 141 Å². The maximum absolute atomic E-state index is 12.2. The van der Waals surface area contributed by atoms with E-state index in [1.54, 1.807) is 10.7 Å². The van der Waals surface area contributed by atoms with Crippen LogP contribution in [0.4, 0.5) is 0 Å². The van der Waals surface area contributed by atoms with Gasteiger partial charge in [0.05, 0.1) is 11.7 Å². The van der Waals surface area contributed by atoms with Gasteiger partial charge in [0, 0.05) is 18.5 Å². The molecule has 1 aliphatic heterocycles. The summed E-state index contributed by atoms with van der Waals surface area (Å²) in [4.78, 5) is 26.5. The lowest BCUT2D eigenvalue weighted by molar-refractivity contribution is -0.122. The Bertz CT molecular complexity index is 765. The molecule has 0 bridgehead atoms. The highest BCUT2D eigenvalue weighted by atomic mass is 16.2. The highest BCUT2D eigenvalue weighted by molar-refractivity contribution is 5.81. The van der Waals surface area contributed by atoms with Gasteiger partial charge in [0.1, 0.15) is 6.54 Å². The van der Waals surface area contributed by atoms with Crippen molar-refractivity contribution in [1.29, 1.82) is 0 Å². The van der Waals surface area contributed by atoms with Gasteiger partial charge in [0.25, 0.3) is 0 Å². The first-order valence-corrected chi connectivity index (χ1v) is 8.57. The summed E-state index contributed by atoms with van der Waals surface area (Å²) in [5, 5.41) is 7.66. The minimum absolute atomic E-state index is 0.0791. The molecule has 1 aromatic heterocycles. The summed E-state index contributed by atoms with van der Waals surface area (Å²) in [6, 6.07) is 7.23. The van der Waals surface area contributed by atoms with Gasteiger partial charge in [0.15, 0.2) is 0 Å². The second-order valence-corrected chi connectivity index (χ2v) is 6.60. The molecule has 3 rings (SSSR count). The number of benzene rings is 1. The number of hydrogen-bond acceptors (Lipinski definition) is 4. The SMILES string of the molecule is CC(CNC(=O)Cn1ncc(=O)c2ccccc21)CN1CCCC1. The Balaban J connectivity index is 1.57. The molecule has 6 nitrogen and oxygen atoms in total. The Morgan fingerprint density at radius 1 is 1.29 bits per heavy atom. The van der Waals surface area contributed by atoms with Gasteiger partial charge >= 0.3 is 0 Å². The highest BCUT2D eigenvalue weighted by Crippen LogP contribution is 2.10. The van der Waals surface area contributed by atoms with Crippen molar-refractivity contribution in [3.63, 3.8) is 0 Å². The Hall–Kier alpha value is -2.21. The molecule has 1 unspecified atom stereocenters. The third-order valence-corrected chi connectivity index (χ3v) is 4.47. The molecule has 1 saturated heterocycles. The lowest BCUT2D eigenvalue weighted by Crippen LogP contribution is -2.36. The summed E-state index contributed by atoms with van der Waals surface area (Å²) < 4.78 is 1.58. The minimum Gasteiger partial charge on any atom is -0.354 e. The predicted octanol–water partition coefficient (Wildman–Crippen LogP) is 1.24. The number of aromatic nitrogens is 2. The van der Waals surface area contributed by atoms with Crippen LogP contribution in [0.3, 0.4) is 0 Å². The number of hydrogen-bond donors (Lipinski definition) is 1. The van der Waals surface area contributed by atoms with Crippen molar-refractivity contribution < 1.29 is 4.79 Å². The fourth-order valence-electron chi connectivity index (χ4n) is 3.24. The Kier molecular flexibility index (Phi) is 5.25. The van der Waals surface area contributed by atoms with E-state index >= 15 is 0 Å². The summed E-state index contributed by atoms with van der Waals surface area (Å²) in [6.07, 6.45) is 3.83. The van der Waals surface area contributed by atoms with E-state index in [9.17, 15) is 9.59 Å². The highest BCUT2D eigenvalue weighted by Gasteiger charge is 2.15. The Morgan fingerprint density at radius 2 is 2.04 bits per heavy atom.